The first kappa shape index (κ1) is 11.2. The fourth-order valence-corrected chi connectivity index (χ4v) is 1.78. The van der Waals surface area contributed by atoms with Crippen molar-refractivity contribution >= 4 is 5.78 Å². The Balaban J connectivity index is 2.84. The molecule has 3 heteroatoms. The smallest absolute Gasteiger partial charge is 0.158 e. The standard InChI is InChI=1S/C11H20N2O/c1-11(2)7-9(6-10(14)8-11)13(5)12(3)4/h6H,7-8H2,1-5H3. The zero-order chi connectivity index (χ0) is 10.9. The molecule has 0 radical (unpaired) electrons. The first-order valence-electron chi connectivity index (χ1n) is 4.96. The second-order valence-electron chi connectivity index (χ2n) is 4.99. The minimum absolute atomic E-state index is 0.103. The van der Waals surface area contributed by atoms with E-state index < -0.39 is 0 Å². The average Bonchev–Trinajstić information content (AvgIpc) is 1.98. The predicted molar refractivity (Wildman–Crippen MR) is 57.6 cm³/mol. The van der Waals surface area contributed by atoms with Crippen molar-refractivity contribution in [3.8, 4) is 0 Å². The molecule has 0 amide bonds. The van der Waals surface area contributed by atoms with Gasteiger partial charge in [-0.2, -0.15) is 0 Å². The van der Waals surface area contributed by atoms with Gasteiger partial charge in [0.25, 0.3) is 0 Å². The van der Waals surface area contributed by atoms with E-state index in [0.717, 1.165) is 12.1 Å². The number of carbonyl (C=O) groups excluding carboxylic acids is 1. The van der Waals surface area contributed by atoms with Gasteiger partial charge >= 0.3 is 0 Å². The van der Waals surface area contributed by atoms with Gasteiger partial charge in [-0.1, -0.05) is 13.8 Å². The Morgan fingerprint density at radius 3 is 2.21 bits per heavy atom. The van der Waals surface area contributed by atoms with Crippen LogP contribution in [0.2, 0.25) is 0 Å². The lowest BCUT2D eigenvalue weighted by Crippen LogP contribution is -2.36. The normalized spacial score (nSPS) is 21.0. The van der Waals surface area contributed by atoms with Gasteiger partial charge in [-0.25, -0.2) is 5.01 Å². The molecule has 0 saturated heterocycles. The van der Waals surface area contributed by atoms with Gasteiger partial charge in [-0.3, -0.25) is 4.79 Å². The second-order valence-corrected chi connectivity index (χ2v) is 4.99. The van der Waals surface area contributed by atoms with E-state index >= 15 is 0 Å². The maximum absolute atomic E-state index is 11.5. The third-order valence-electron chi connectivity index (χ3n) is 2.66. The van der Waals surface area contributed by atoms with Crippen LogP contribution in [0, 0.1) is 5.41 Å². The molecule has 80 valence electrons. The molecular formula is C11H20N2O. The molecule has 0 spiro atoms. The fraction of sp³-hybridized carbons (Fsp3) is 0.727. The van der Waals surface area contributed by atoms with Gasteiger partial charge in [-0.05, 0) is 11.8 Å². The van der Waals surface area contributed by atoms with Crippen molar-refractivity contribution in [2.45, 2.75) is 26.7 Å². The van der Waals surface area contributed by atoms with Crippen LogP contribution in [0.1, 0.15) is 26.7 Å². The van der Waals surface area contributed by atoms with Gasteiger partial charge in [0.05, 0.1) is 0 Å². The summed E-state index contributed by atoms with van der Waals surface area (Å²) in [7, 11) is 5.94. The highest BCUT2D eigenvalue weighted by atomic mass is 16.1. The molecule has 14 heavy (non-hydrogen) atoms. The highest BCUT2D eigenvalue weighted by Gasteiger charge is 2.29. The van der Waals surface area contributed by atoms with Crippen LogP contribution in [0.25, 0.3) is 0 Å². The van der Waals surface area contributed by atoms with Gasteiger partial charge in [0, 0.05) is 39.3 Å². The van der Waals surface area contributed by atoms with Crippen LogP contribution in [-0.2, 0) is 4.79 Å². The number of hydrogen-bond acceptors (Lipinski definition) is 3. The lowest BCUT2D eigenvalue weighted by molar-refractivity contribution is -0.117. The van der Waals surface area contributed by atoms with Crippen LogP contribution in [-0.4, -0.2) is 36.9 Å². The second kappa shape index (κ2) is 3.73. The minimum atomic E-state index is 0.103. The van der Waals surface area contributed by atoms with Crippen molar-refractivity contribution in [2.24, 2.45) is 5.41 Å². The quantitative estimate of drug-likeness (QED) is 0.628. The fourth-order valence-electron chi connectivity index (χ4n) is 1.78. The minimum Gasteiger partial charge on any atom is -0.313 e. The van der Waals surface area contributed by atoms with Crippen LogP contribution >= 0.6 is 0 Å². The third-order valence-corrected chi connectivity index (χ3v) is 2.66. The van der Waals surface area contributed by atoms with Crippen LogP contribution in [0.5, 0.6) is 0 Å². The Kier molecular flexibility index (Phi) is 3.00. The van der Waals surface area contributed by atoms with Crippen LogP contribution in [0.4, 0.5) is 0 Å². The summed E-state index contributed by atoms with van der Waals surface area (Å²) in [4.78, 5) is 11.5. The largest absolute Gasteiger partial charge is 0.313 e. The zero-order valence-electron chi connectivity index (χ0n) is 9.79. The number of rotatable bonds is 2. The number of hydrogen-bond donors (Lipinski definition) is 0. The highest BCUT2D eigenvalue weighted by molar-refractivity contribution is 5.91. The van der Waals surface area contributed by atoms with Crippen LogP contribution < -0.4 is 0 Å². The Labute approximate surface area is 86.3 Å². The maximum atomic E-state index is 11.5. The molecule has 0 N–H and O–H groups in total. The van der Waals surface area contributed by atoms with E-state index in [1.807, 2.05) is 31.2 Å². The summed E-state index contributed by atoms with van der Waals surface area (Å²) >= 11 is 0. The molecule has 0 aliphatic heterocycles. The predicted octanol–water partition coefficient (Wildman–Crippen LogP) is 1.67. The molecule has 1 aliphatic rings. The number of allylic oxidation sites excluding steroid dienone is 2. The Bertz CT molecular complexity index is 266. The van der Waals surface area contributed by atoms with Crippen molar-refractivity contribution in [1.29, 1.82) is 0 Å². The zero-order valence-corrected chi connectivity index (χ0v) is 9.79. The SMILES string of the molecule is CN(C)N(C)C1=CC(=O)CC(C)(C)C1. The summed E-state index contributed by atoms with van der Waals surface area (Å²) in [5.74, 6) is 0.241. The molecule has 0 bridgehead atoms. The lowest BCUT2D eigenvalue weighted by Gasteiger charge is -2.36. The number of nitrogens with zero attached hydrogens (tertiary/aromatic N) is 2. The van der Waals surface area contributed by atoms with Gasteiger partial charge in [0.15, 0.2) is 5.78 Å². The van der Waals surface area contributed by atoms with Gasteiger partial charge in [-0.15, -0.1) is 0 Å². The molecule has 0 atom stereocenters. The Hall–Kier alpha value is -0.830. The average molecular weight is 196 g/mol. The van der Waals surface area contributed by atoms with E-state index in [2.05, 4.69) is 13.8 Å². The summed E-state index contributed by atoms with van der Waals surface area (Å²) in [5, 5.41) is 4.01. The lowest BCUT2D eigenvalue weighted by atomic mass is 9.79. The van der Waals surface area contributed by atoms with Crippen molar-refractivity contribution in [2.75, 3.05) is 21.1 Å². The van der Waals surface area contributed by atoms with Crippen molar-refractivity contribution < 1.29 is 4.79 Å². The maximum Gasteiger partial charge on any atom is 0.158 e. The Morgan fingerprint density at radius 2 is 1.79 bits per heavy atom. The first-order valence-corrected chi connectivity index (χ1v) is 4.96. The Morgan fingerprint density at radius 1 is 1.21 bits per heavy atom. The molecule has 0 saturated carbocycles. The monoisotopic (exact) mass is 196 g/mol. The molecule has 0 heterocycles. The number of ketones is 1. The van der Waals surface area contributed by atoms with Gasteiger partial charge in [0.1, 0.15) is 0 Å². The molecular weight excluding hydrogens is 176 g/mol. The van der Waals surface area contributed by atoms with E-state index in [-0.39, 0.29) is 11.2 Å². The third kappa shape index (κ3) is 2.58. The summed E-state index contributed by atoms with van der Waals surface area (Å²) in [6, 6.07) is 0. The molecule has 0 aromatic heterocycles. The van der Waals surface area contributed by atoms with Crippen molar-refractivity contribution in [3.05, 3.63) is 11.8 Å². The summed E-state index contributed by atoms with van der Waals surface area (Å²) in [6.45, 7) is 4.28. The van der Waals surface area contributed by atoms with Gasteiger partial charge < -0.3 is 5.01 Å². The van der Waals surface area contributed by atoms with E-state index in [0.29, 0.717) is 6.42 Å². The summed E-state index contributed by atoms with van der Waals surface area (Å²) < 4.78 is 0. The molecule has 3 nitrogen and oxygen atoms in total. The molecule has 0 fully saturated rings. The van der Waals surface area contributed by atoms with E-state index in [1.54, 1.807) is 6.08 Å². The molecule has 0 unspecified atom stereocenters. The summed E-state index contributed by atoms with van der Waals surface area (Å²) in [6.07, 6.45) is 3.40. The van der Waals surface area contributed by atoms with E-state index in [9.17, 15) is 4.79 Å². The molecule has 1 rings (SSSR count). The topological polar surface area (TPSA) is 23.6 Å². The van der Waals surface area contributed by atoms with Crippen molar-refractivity contribution in [1.82, 2.24) is 10.0 Å². The first-order chi connectivity index (χ1) is 6.32. The molecule has 0 aromatic rings. The molecule has 0 aromatic carbocycles. The summed E-state index contributed by atoms with van der Waals surface area (Å²) in [5.41, 5.74) is 1.21. The number of carbonyl (C=O) groups is 1. The van der Waals surface area contributed by atoms with E-state index in [4.69, 9.17) is 0 Å². The highest BCUT2D eigenvalue weighted by Crippen LogP contribution is 2.34. The van der Waals surface area contributed by atoms with Crippen molar-refractivity contribution in [3.63, 3.8) is 0 Å². The van der Waals surface area contributed by atoms with Gasteiger partial charge in [0.2, 0.25) is 0 Å². The number of hydrazine groups is 1. The molecule has 1 aliphatic carbocycles. The van der Waals surface area contributed by atoms with Crippen LogP contribution in [0.3, 0.4) is 0 Å². The van der Waals surface area contributed by atoms with E-state index in [1.165, 1.54) is 0 Å². The van der Waals surface area contributed by atoms with Crippen LogP contribution in [0.15, 0.2) is 11.8 Å².